The second-order valence-corrected chi connectivity index (χ2v) is 6.91. The predicted molar refractivity (Wildman–Crippen MR) is 90.1 cm³/mol. The Labute approximate surface area is 131 Å². The van der Waals surface area contributed by atoms with Crippen LogP contribution in [0.4, 0.5) is 5.69 Å². The molecule has 1 fully saturated rings. The quantitative estimate of drug-likeness (QED) is 0.811. The number of hydrogen-bond acceptors (Lipinski definition) is 4. The first-order valence-corrected chi connectivity index (χ1v) is 8.95. The Morgan fingerprint density at radius 1 is 1.43 bits per heavy atom. The number of amides is 1. The normalized spacial score (nSPS) is 16.7. The molecule has 1 aromatic heterocycles. The van der Waals surface area contributed by atoms with Crippen LogP contribution in [0.3, 0.4) is 0 Å². The van der Waals surface area contributed by atoms with Gasteiger partial charge in [0, 0.05) is 29.7 Å². The smallest absolute Gasteiger partial charge is 0.270 e. The van der Waals surface area contributed by atoms with E-state index in [1.54, 1.807) is 6.20 Å². The molecule has 2 rings (SSSR count). The van der Waals surface area contributed by atoms with Gasteiger partial charge in [0.2, 0.25) is 0 Å². The Morgan fingerprint density at radius 2 is 2.19 bits per heavy atom. The lowest BCUT2D eigenvalue weighted by atomic mass is 10.1. The molecule has 1 aliphatic rings. The van der Waals surface area contributed by atoms with E-state index in [1.165, 1.54) is 25.7 Å². The van der Waals surface area contributed by atoms with Gasteiger partial charge in [-0.15, -0.1) is 0 Å². The molecule has 0 bridgehead atoms. The second kappa shape index (κ2) is 7.69. The second-order valence-electron chi connectivity index (χ2n) is 5.63. The highest BCUT2D eigenvalue weighted by molar-refractivity contribution is 8.00. The molecule has 0 atom stereocenters. The van der Waals surface area contributed by atoms with Crippen LogP contribution in [0.2, 0.25) is 0 Å². The molecule has 5 heteroatoms. The van der Waals surface area contributed by atoms with Gasteiger partial charge in [-0.05, 0) is 37.7 Å². The zero-order chi connectivity index (χ0) is 15.1. The summed E-state index contributed by atoms with van der Waals surface area (Å²) >= 11 is 1.88. The van der Waals surface area contributed by atoms with E-state index in [4.69, 9.17) is 0 Å². The molecular weight excluding hydrogens is 282 g/mol. The molecule has 1 amide bonds. The highest BCUT2D eigenvalue weighted by Gasteiger charge is 2.33. The molecule has 0 saturated heterocycles. The zero-order valence-electron chi connectivity index (χ0n) is 12.9. The van der Waals surface area contributed by atoms with E-state index < -0.39 is 0 Å². The minimum Gasteiger partial charge on any atom is -0.385 e. The Hall–Kier alpha value is -1.23. The van der Waals surface area contributed by atoms with E-state index in [0.717, 1.165) is 25.2 Å². The predicted octanol–water partition coefficient (Wildman–Crippen LogP) is 3.31. The number of aromatic nitrogens is 1. The van der Waals surface area contributed by atoms with Crippen molar-refractivity contribution in [1.82, 2.24) is 10.3 Å². The number of anilines is 1. The first kappa shape index (κ1) is 16.1. The molecule has 116 valence electrons. The van der Waals surface area contributed by atoms with Crippen molar-refractivity contribution in [2.24, 2.45) is 0 Å². The molecule has 4 nitrogen and oxygen atoms in total. The van der Waals surface area contributed by atoms with Crippen LogP contribution in [0.15, 0.2) is 18.3 Å². The summed E-state index contributed by atoms with van der Waals surface area (Å²) in [6, 6.07) is 3.72. The van der Waals surface area contributed by atoms with Crippen molar-refractivity contribution in [3.05, 3.63) is 24.0 Å². The van der Waals surface area contributed by atoms with Gasteiger partial charge in [0.15, 0.2) is 0 Å². The first-order valence-electron chi connectivity index (χ1n) is 7.72. The van der Waals surface area contributed by atoms with Gasteiger partial charge in [0.25, 0.3) is 5.91 Å². The Balaban J connectivity index is 1.93. The molecule has 0 aromatic carbocycles. The highest BCUT2D eigenvalue weighted by Crippen LogP contribution is 2.39. The van der Waals surface area contributed by atoms with Gasteiger partial charge in [-0.2, -0.15) is 11.8 Å². The zero-order valence-corrected chi connectivity index (χ0v) is 13.8. The highest BCUT2D eigenvalue weighted by atomic mass is 32.2. The maximum atomic E-state index is 12.3. The average Bonchev–Trinajstić information content (AvgIpc) is 3.00. The lowest BCUT2D eigenvalue weighted by Crippen LogP contribution is -2.38. The molecule has 1 saturated carbocycles. The van der Waals surface area contributed by atoms with E-state index in [-0.39, 0.29) is 10.7 Å². The summed E-state index contributed by atoms with van der Waals surface area (Å²) in [7, 11) is 0. The number of carbonyl (C=O) groups excluding carboxylic acids is 1. The molecule has 0 aliphatic heterocycles. The van der Waals surface area contributed by atoms with Crippen molar-refractivity contribution in [2.45, 2.75) is 43.8 Å². The van der Waals surface area contributed by atoms with Crippen LogP contribution in [0.5, 0.6) is 0 Å². The van der Waals surface area contributed by atoms with Crippen LogP contribution in [0.25, 0.3) is 0 Å². The third-order valence-electron chi connectivity index (χ3n) is 4.09. The fraction of sp³-hybridized carbons (Fsp3) is 0.625. The van der Waals surface area contributed by atoms with Crippen LogP contribution >= 0.6 is 11.8 Å². The fourth-order valence-corrected chi connectivity index (χ4v) is 3.65. The van der Waals surface area contributed by atoms with Gasteiger partial charge in [-0.3, -0.25) is 9.78 Å². The Morgan fingerprint density at radius 3 is 2.86 bits per heavy atom. The lowest BCUT2D eigenvalue weighted by Gasteiger charge is -2.26. The minimum absolute atomic E-state index is 0.0736. The number of rotatable bonds is 7. The number of pyridine rings is 1. The molecule has 0 unspecified atom stereocenters. The third-order valence-corrected chi connectivity index (χ3v) is 5.51. The molecule has 0 spiro atoms. The largest absolute Gasteiger partial charge is 0.385 e. The van der Waals surface area contributed by atoms with E-state index in [0.29, 0.717) is 5.69 Å². The van der Waals surface area contributed by atoms with Crippen molar-refractivity contribution in [3.63, 3.8) is 0 Å². The SMILES string of the molecule is CCCNc1ccnc(C(=O)NCC2(SC)CCCC2)c1. The molecule has 0 radical (unpaired) electrons. The average molecular weight is 307 g/mol. The van der Waals surface area contributed by atoms with Gasteiger partial charge in [0.05, 0.1) is 0 Å². The number of hydrogen-bond donors (Lipinski definition) is 2. The first-order chi connectivity index (χ1) is 10.2. The maximum absolute atomic E-state index is 12.3. The Kier molecular flexibility index (Phi) is 5.91. The van der Waals surface area contributed by atoms with Gasteiger partial charge in [-0.1, -0.05) is 19.8 Å². The van der Waals surface area contributed by atoms with Crippen molar-refractivity contribution < 1.29 is 4.79 Å². The third kappa shape index (κ3) is 4.37. The summed E-state index contributed by atoms with van der Waals surface area (Å²) in [6.45, 7) is 3.76. The summed E-state index contributed by atoms with van der Waals surface area (Å²) in [6.07, 6.45) is 9.81. The van der Waals surface area contributed by atoms with Gasteiger partial charge < -0.3 is 10.6 Å². The van der Waals surface area contributed by atoms with E-state index in [1.807, 2.05) is 23.9 Å². The molecule has 1 aliphatic carbocycles. The van der Waals surface area contributed by atoms with E-state index >= 15 is 0 Å². The van der Waals surface area contributed by atoms with Gasteiger partial charge >= 0.3 is 0 Å². The molecule has 1 heterocycles. The van der Waals surface area contributed by atoms with Crippen LogP contribution in [-0.4, -0.2) is 35.0 Å². The maximum Gasteiger partial charge on any atom is 0.270 e. The summed E-state index contributed by atoms with van der Waals surface area (Å²) in [5.74, 6) is -0.0736. The Bertz CT molecular complexity index is 472. The standard InChI is InChI=1S/C16H25N3OS/c1-3-9-17-13-6-10-18-14(11-13)15(20)19-12-16(21-2)7-4-5-8-16/h6,10-11H,3-5,7-9,12H2,1-2H3,(H,17,18)(H,19,20). The van der Waals surface area contributed by atoms with E-state index in [2.05, 4.69) is 28.8 Å². The van der Waals surface area contributed by atoms with E-state index in [9.17, 15) is 4.79 Å². The van der Waals surface area contributed by atoms with Crippen molar-refractivity contribution in [2.75, 3.05) is 24.7 Å². The number of thioether (sulfide) groups is 1. The monoisotopic (exact) mass is 307 g/mol. The summed E-state index contributed by atoms with van der Waals surface area (Å²) in [5, 5.41) is 6.35. The molecular formula is C16H25N3OS. The van der Waals surface area contributed by atoms with Crippen molar-refractivity contribution in [3.8, 4) is 0 Å². The minimum atomic E-state index is -0.0736. The number of nitrogens with zero attached hydrogens (tertiary/aromatic N) is 1. The fourth-order valence-electron chi connectivity index (χ4n) is 2.74. The van der Waals surface area contributed by atoms with Gasteiger partial charge in [-0.25, -0.2) is 0 Å². The molecule has 21 heavy (non-hydrogen) atoms. The topological polar surface area (TPSA) is 54.0 Å². The molecule has 1 aromatic rings. The van der Waals surface area contributed by atoms with Crippen LogP contribution in [0, 0.1) is 0 Å². The molecule has 2 N–H and O–H groups in total. The summed E-state index contributed by atoms with van der Waals surface area (Å²) in [5.41, 5.74) is 1.45. The van der Waals surface area contributed by atoms with Crippen molar-refractivity contribution in [1.29, 1.82) is 0 Å². The van der Waals surface area contributed by atoms with Gasteiger partial charge in [0.1, 0.15) is 5.69 Å². The number of carbonyl (C=O) groups is 1. The summed E-state index contributed by atoms with van der Waals surface area (Å²) < 4.78 is 0.230. The van der Waals surface area contributed by atoms with Crippen LogP contribution in [0.1, 0.15) is 49.5 Å². The number of nitrogens with one attached hydrogen (secondary N) is 2. The van der Waals surface area contributed by atoms with Crippen LogP contribution in [-0.2, 0) is 0 Å². The lowest BCUT2D eigenvalue weighted by molar-refractivity contribution is 0.0944. The summed E-state index contributed by atoms with van der Waals surface area (Å²) in [4.78, 5) is 16.5. The van der Waals surface area contributed by atoms with Crippen molar-refractivity contribution >= 4 is 23.4 Å². The van der Waals surface area contributed by atoms with Crippen LogP contribution < -0.4 is 10.6 Å².